The largest absolute Gasteiger partial charge is 0.475 e. The molecule has 0 bridgehead atoms. The summed E-state index contributed by atoms with van der Waals surface area (Å²) in [5, 5.41) is 29.8. The van der Waals surface area contributed by atoms with Crippen molar-refractivity contribution in [1.29, 1.82) is 0 Å². The molecule has 0 unspecified atom stereocenters. The van der Waals surface area contributed by atoms with Gasteiger partial charge in [0.15, 0.2) is 5.44 Å². The number of thioether (sulfide) groups is 1. The first-order valence-electron chi connectivity index (χ1n) is 6.93. The van der Waals surface area contributed by atoms with Crippen molar-refractivity contribution < 1.29 is 20.1 Å². The van der Waals surface area contributed by atoms with Crippen LogP contribution in [0.4, 0.5) is 0 Å². The van der Waals surface area contributed by atoms with E-state index in [2.05, 4.69) is 9.97 Å². The van der Waals surface area contributed by atoms with Gasteiger partial charge in [-0.25, -0.2) is 0 Å². The quantitative estimate of drug-likeness (QED) is 0.765. The van der Waals surface area contributed by atoms with E-state index in [1.165, 1.54) is 18.0 Å². The Balaban J connectivity index is 1.78. The second kappa shape index (κ2) is 7.02. The summed E-state index contributed by atoms with van der Waals surface area (Å²) in [6.07, 6.45) is 3.01. The van der Waals surface area contributed by atoms with Crippen molar-refractivity contribution in [2.75, 3.05) is 5.75 Å². The molecular weight excluding hydrogens is 340 g/mol. The molecule has 0 amide bonds. The van der Waals surface area contributed by atoms with E-state index >= 15 is 0 Å². The minimum Gasteiger partial charge on any atom is -0.475 e. The zero-order valence-corrected chi connectivity index (χ0v) is 13.5. The Morgan fingerprint density at radius 2 is 1.70 bits per heavy atom. The summed E-state index contributed by atoms with van der Waals surface area (Å²) < 4.78 is 5.70. The monoisotopic (exact) mass is 354 g/mol. The van der Waals surface area contributed by atoms with E-state index in [0.717, 1.165) is 11.1 Å². The summed E-state index contributed by atoms with van der Waals surface area (Å²) in [5.74, 6) is 0.733. The highest BCUT2D eigenvalue weighted by Gasteiger charge is 2.38. The first kappa shape index (κ1) is 16.5. The molecule has 0 radical (unpaired) electrons. The van der Waals surface area contributed by atoms with E-state index in [1.807, 2.05) is 0 Å². The van der Waals surface area contributed by atoms with Gasteiger partial charge in [0.05, 0.1) is 17.3 Å². The zero-order chi connectivity index (χ0) is 16.4. The molecular formula is C15H15ClN2O4S. The van der Waals surface area contributed by atoms with Crippen LogP contribution in [0.5, 0.6) is 5.75 Å². The van der Waals surface area contributed by atoms with Gasteiger partial charge in [0.2, 0.25) is 0 Å². The number of aromatic nitrogens is 2. The normalized spacial score (nSPS) is 27.7. The van der Waals surface area contributed by atoms with Crippen molar-refractivity contribution in [3.63, 3.8) is 0 Å². The van der Waals surface area contributed by atoms with Crippen LogP contribution in [-0.4, -0.2) is 54.8 Å². The second-order valence-corrected chi connectivity index (χ2v) is 6.74. The number of nitrogens with zero attached hydrogens (tertiary/aromatic N) is 2. The van der Waals surface area contributed by atoms with Crippen LogP contribution in [0.2, 0.25) is 5.02 Å². The minimum absolute atomic E-state index is 0.286. The zero-order valence-electron chi connectivity index (χ0n) is 11.9. The summed E-state index contributed by atoms with van der Waals surface area (Å²) in [6.45, 7) is 0. The van der Waals surface area contributed by atoms with Crippen molar-refractivity contribution >= 4 is 23.4 Å². The van der Waals surface area contributed by atoms with Gasteiger partial charge in [-0.3, -0.25) is 9.97 Å². The standard InChI is InChI=1S/C15H15ClN2O4S/c16-10-1-8(3-17-5-10)9-2-11(6-18-4-9)22-15-14(21)13(20)12(19)7-23-15/h1-6,12-15,19-21H,7H2/t12-,13+,14-,15+/m1/s1. The maximum Gasteiger partial charge on any atom is 0.173 e. The first-order chi connectivity index (χ1) is 11.0. The lowest BCUT2D eigenvalue weighted by molar-refractivity contribution is -0.0786. The fraction of sp³-hybridized carbons (Fsp3) is 0.333. The van der Waals surface area contributed by atoms with Crippen molar-refractivity contribution in [2.45, 2.75) is 23.7 Å². The van der Waals surface area contributed by atoms with E-state index in [0.29, 0.717) is 10.8 Å². The third-order valence-corrected chi connectivity index (χ3v) is 4.90. The van der Waals surface area contributed by atoms with Gasteiger partial charge < -0.3 is 20.1 Å². The van der Waals surface area contributed by atoms with E-state index in [4.69, 9.17) is 16.3 Å². The fourth-order valence-electron chi connectivity index (χ4n) is 2.23. The van der Waals surface area contributed by atoms with E-state index in [9.17, 15) is 15.3 Å². The molecule has 8 heteroatoms. The van der Waals surface area contributed by atoms with Crippen LogP contribution in [0.25, 0.3) is 11.1 Å². The third kappa shape index (κ3) is 3.76. The fourth-order valence-corrected chi connectivity index (χ4v) is 3.52. The van der Waals surface area contributed by atoms with Gasteiger partial charge in [-0.1, -0.05) is 11.6 Å². The summed E-state index contributed by atoms with van der Waals surface area (Å²) in [5.41, 5.74) is 0.888. The molecule has 122 valence electrons. The third-order valence-electron chi connectivity index (χ3n) is 3.46. The van der Waals surface area contributed by atoms with Gasteiger partial charge >= 0.3 is 0 Å². The summed E-state index contributed by atoms with van der Waals surface area (Å²) in [4.78, 5) is 8.15. The Hall–Kier alpha value is -1.38. The van der Waals surface area contributed by atoms with Gasteiger partial charge in [0.25, 0.3) is 0 Å². The predicted molar refractivity (Wildman–Crippen MR) is 87.4 cm³/mol. The second-order valence-electron chi connectivity index (χ2n) is 5.17. The maximum absolute atomic E-state index is 9.99. The van der Waals surface area contributed by atoms with Crippen molar-refractivity contribution in [2.24, 2.45) is 0 Å². The van der Waals surface area contributed by atoms with Crippen LogP contribution < -0.4 is 4.74 Å². The summed E-state index contributed by atoms with van der Waals surface area (Å²) >= 11 is 7.18. The van der Waals surface area contributed by atoms with E-state index in [-0.39, 0.29) is 5.75 Å². The van der Waals surface area contributed by atoms with Gasteiger partial charge in [-0.2, -0.15) is 0 Å². The lowest BCUT2D eigenvalue weighted by atomic mass is 10.1. The molecule has 2 aromatic heterocycles. The molecule has 0 saturated carbocycles. The Kier molecular flexibility index (Phi) is 5.03. The van der Waals surface area contributed by atoms with Gasteiger partial charge in [-0.15, -0.1) is 11.8 Å². The molecule has 3 N–H and O–H groups in total. The highest BCUT2D eigenvalue weighted by Crippen LogP contribution is 2.30. The molecule has 1 aliphatic rings. The lowest BCUT2D eigenvalue weighted by Crippen LogP contribution is -2.50. The van der Waals surface area contributed by atoms with Crippen LogP contribution in [-0.2, 0) is 0 Å². The molecule has 0 spiro atoms. The highest BCUT2D eigenvalue weighted by atomic mass is 35.5. The summed E-state index contributed by atoms with van der Waals surface area (Å²) in [7, 11) is 0. The molecule has 3 heterocycles. The Bertz CT molecular complexity index is 690. The van der Waals surface area contributed by atoms with E-state index in [1.54, 1.807) is 30.7 Å². The molecule has 1 fully saturated rings. The number of hydrogen-bond donors (Lipinski definition) is 3. The number of hydrogen-bond acceptors (Lipinski definition) is 7. The number of ether oxygens (including phenoxy) is 1. The van der Waals surface area contributed by atoms with Gasteiger partial charge in [-0.05, 0) is 12.1 Å². The van der Waals surface area contributed by atoms with Crippen LogP contribution in [0.15, 0.2) is 36.9 Å². The first-order valence-corrected chi connectivity index (χ1v) is 8.35. The van der Waals surface area contributed by atoms with Crippen LogP contribution in [0.1, 0.15) is 0 Å². The Labute approximate surface area is 142 Å². The SMILES string of the molecule is O[C@@H]1[C@@H](O)[C@@H](Oc2cncc(-c3cncc(Cl)c3)c2)SC[C@H]1O. The molecule has 3 rings (SSSR count). The molecule has 6 nitrogen and oxygen atoms in total. The summed E-state index contributed by atoms with van der Waals surface area (Å²) in [6, 6.07) is 3.52. The van der Waals surface area contributed by atoms with Crippen molar-refractivity contribution in [3.05, 3.63) is 41.9 Å². The van der Waals surface area contributed by atoms with Crippen molar-refractivity contribution in [3.8, 4) is 16.9 Å². The number of halogens is 1. The number of pyridine rings is 2. The minimum atomic E-state index is -1.23. The predicted octanol–water partition coefficient (Wildman–Crippen LogP) is 1.33. The number of aliphatic hydroxyl groups excluding tert-OH is 3. The molecule has 1 saturated heterocycles. The Morgan fingerprint density at radius 3 is 2.43 bits per heavy atom. The topological polar surface area (TPSA) is 95.7 Å². The Morgan fingerprint density at radius 1 is 1.00 bits per heavy atom. The van der Waals surface area contributed by atoms with Gasteiger partial charge in [0, 0.05) is 35.5 Å². The highest BCUT2D eigenvalue weighted by molar-refractivity contribution is 7.99. The lowest BCUT2D eigenvalue weighted by Gasteiger charge is -2.34. The molecule has 1 aliphatic heterocycles. The molecule has 0 aromatic carbocycles. The van der Waals surface area contributed by atoms with Crippen LogP contribution >= 0.6 is 23.4 Å². The molecule has 23 heavy (non-hydrogen) atoms. The molecule has 4 atom stereocenters. The maximum atomic E-state index is 9.99. The van der Waals surface area contributed by atoms with Crippen LogP contribution in [0, 0.1) is 0 Å². The number of rotatable bonds is 3. The average Bonchev–Trinajstić information content (AvgIpc) is 2.56. The molecule has 0 aliphatic carbocycles. The number of aliphatic hydroxyl groups is 3. The van der Waals surface area contributed by atoms with E-state index < -0.39 is 23.7 Å². The van der Waals surface area contributed by atoms with Crippen LogP contribution in [0.3, 0.4) is 0 Å². The molecule has 2 aromatic rings. The van der Waals surface area contributed by atoms with Crippen molar-refractivity contribution in [1.82, 2.24) is 9.97 Å². The van der Waals surface area contributed by atoms with Gasteiger partial charge in [0.1, 0.15) is 18.0 Å². The average molecular weight is 355 g/mol. The smallest absolute Gasteiger partial charge is 0.173 e.